The molecule has 1 unspecified atom stereocenters. The van der Waals surface area contributed by atoms with Gasteiger partial charge in [0.1, 0.15) is 4.87 Å². The molecule has 0 aromatic heterocycles. The highest BCUT2D eigenvalue weighted by molar-refractivity contribution is 8.00. The molecule has 2 aromatic carbocycles. The predicted octanol–water partition coefficient (Wildman–Crippen LogP) is 4.21. The Bertz CT molecular complexity index is 737. The first-order valence-corrected chi connectivity index (χ1v) is 8.79. The van der Waals surface area contributed by atoms with Gasteiger partial charge in [0.25, 0.3) is 5.91 Å². The second-order valence-corrected chi connectivity index (χ2v) is 7.56. The largest absolute Gasteiger partial charge is 0.315 e. The van der Waals surface area contributed by atoms with Crippen molar-refractivity contribution in [2.45, 2.75) is 24.6 Å². The molecular weight excluding hydrogens is 290 g/mol. The summed E-state index contributed by atoms with van der Waals surface area (Å²) >= 11 is 1.88. The predicted molar refractivity (Wildman–Crippen MR) is 91.2 cm³/mol. The van der Waals surface area contributed by atoms with Gasteiger partial charge in [-0.05, 0) is 23.1 Å². The summed E-state index contributed by atoms with van der Waals surface area (Å²) in [6, 6.07) is 16.9. The van der Waals surface area contributed by atoms with Crippen LogP contribution >= 0.6 is 11.8 Å². The minimum absolute atomic E-state index is 0.175. The number of fused-ring (bicyclic) bond motifs is 3. The highest BCUT2D eigenvalue weighted by atomic mass is 32.2. The van der Waals surface area contributed by atoms with Crippen molar-refractivity contribution in [3.05, 3.63) is 70.8 Å². The van der Waals surface area contributed by atoms with Crippen molar-refractivity contribution in [2.24, 2.45) is 0 Å². The average Bonchev–Trinajstić information content (AvgIpc) is 3.08. The van der Waals surface area contributed by atoms with Crippen LogP contribution in [-0.2, 0) is 4.87 Å². The third-order valence-corrected chi connectivity index (χ3v) is 6.22. The van der Waals surface area contributed by atoms with Crippen molar-refractivity contribution < 1.29 is 4.79 Å². The van der Waals surface area contributed by atoms with Crippen molar-refractivity contribution in [3.63, 3.8) is 0 Å². The summed E-state index contributed by atoms with van der Waals surface area (Å²) in [5.74, 6) is 1.69. The quantitative estimate of drug-likeness (QED) is 0.828. The first-order valence-electron chi connectivity index (χ1n) is 7.80. The monoisotopic (exact) mass is 309 g/mol. The Balaban J connectivity index is 1.89. The molecule has 2 nitrogen and oxygen atoms in total. The second-order valence-electron chi connectivity index (χ2n) is 6.27. The van der Waals surface area contributed by atoms with Gasteiger partial charge < -0.3 is 4.90 Å². The Labute approximate surface area is 135 Å². The van der Waals surface area contributed by atoms with Gasteiger partial charge in [0.05, 0.1) is 0 Å². The molecule has 112 valence electrons. The smallest absolute Gasteiger partial charge is 0.255 e. The maximum absolute atomic E-state index is 12.7. The standard InChI is InChI=1S/C19H19NOS/c1-13(2)14-7-9-15(10-8-14)19-17-6-4-3-5-16(17)18(21)20(19)11-12-22-19/h3-10,13H,11-12H2,1-2H3. The minimum atomic E-state index is -0.316. The van der Waals surface area contributed by atoms with E-state index in [1.807, 2.05) is 34.9 Å². The number of rotatable bonds is 2. The van der Waals surface area contributed by atoms with E-state index in [2.05, 4.69) is 44.2 Å². The lowest BCUT2D eigenvalue weighted by Crippen LogP contribution is -2.37. The number of benzene rings is 2. The summed E-state index contributed by atoms with van der Waals surface area (Å²) in [4.78, 5) is 14.5. The molecule has 0 radical (unpaired) electrons. The van der Waals surface area contributed by atoms with E-state index in [4.69, 9.17) is 0 Å². The van der Waals surface area contributed by atoms with E-state index >= 15 is 0 Å². The Morgan fingerprint density at radius 2 is 1.82 bits per heavy atom. The number of hydrogen-bond donors (Lipinski definition) is 0. The fourth-order valence-electron chi connectivity index (χ4n) is 3.59. The third-order valence-electron chi connectivity index (χ3n) is 4.74. The minimum Gasteiger partial charge on any atom is -0.315 e. The van der Waals surface area contributed by atoms with Crippen LogP contribution in [0.1, 0.15) is 46.8 Å². The molecule has 1 amide bonds. The van der Waals surface area contributed by atoms with Crippen LogP contribution in [0.15, 0.2) is 48.5 Å². The van der Waals surface area contributed by atoms with Gasteiger partial charge in [-0.25, -0.2) is 0 Å². The van der Waals surface area contributed by atoms with Crippen molar-refractivity contribution in [1.82, 2.24) is 4.90 Å². The van der Waals surface area contributed by atoms with Crippen LogP contribution in [0.4, 0.5) is 0 Å². The molecule has 0 spiro atoms. The van der Waals surface area contributed by atoms with Gasteiger partial charge >= 0.3 is 0 Å². The van der Waals surface area contributed by atoms with Crippen molar-refractivity contribution in [3.8, 4) is 0 Å². The highest BCUT2D eigenvalue weighted by Crippen LogP contribution is 2.55. The van der Waals surface area contributed by atoms with Crippen molar-refractivity contribution in [1.29, 1.82) is 0 Å². The maximum atomic E-state index is 12.7. The molecule has 0 N–H and O–H groups in total. The number of thioether (sulfide) groups is 1. The van der Waals surface area contributed by atoms with E-state index in [0.29, 0.717) is 5.92 Å². The first-order chi connectivity index (χ1) is 10.6. The maximum Gasteiger partial charge on any atom is 0.255 e. The Morgan fingerprint density at radius 3 is 2.55 bits per heavy atom. The number of carbonyl (C=O) groups excluding carboxylic acids is 1. The number of hydrogen-bond acceptors (Lipinski definition) is 2. The lowest BCUT2D eigenvalue weighted by molar-refractivity contribution is 0.0752. The van der Waals surface area contributed by atoms with E-state index in [9.17, 15) is 4.79 Å². The summed E-state index contributed by atoms with van der Waals surface area (Å²) in [5.41, 5.74) is 4.58. The zero-order valence-corrected chi connectivity index (χ0v) is 13.7. The van der Waals surface area contributed by atoms with E-state index in [-0.39, 0.29) is 10.8 Å². The van der Waals surface area contributed by atoms with Gasteiger partial charge in [-0.2, -0.15) is 0 Å². The Hall–Kier alpha value is -1.74. The summed E-state index contributed by atoms with van der Waals surface area (Å²) in [6.45, 7) is 5.24. The summed E-state index contributed by atoms with van der Waals surface area (Å²) in [7, 11) is 0. The van der Waals surface area contributed by atoms with Gasteiger partial charge in [0.2, 0.25) is 0 Å². The second kappa shape index (κ2) is 4.88. The summed E-state index contributed by atoms with van der Waals surface area (Å²) < 4.78 is 0. The zero-order valence-electron chi connectivity index (χ0n) is 12.9. The van der Waals surface area contributed by atoms with E-state index < -0.39 is 0 Å². The van der Waals surface area contributed by atoms with Crippen LogP contribution in [-0.4, -0.2) is 23.1 Å². The van der Waals surface area contributed by atoms with E-state index in [0.717, 1.165) is 23.4 Å². The normalized spacial score (nSPS) is 23.0. The number of nitrogens with zero attached hydrogens (tertiary/aromatic N) is 1. The van der Waals surface area contributed by atoms with Gasteiger partial charge in [-0.15, -0.1) is 11.8 Å². The first kappa shape index (κ1) is 13.9. The molecule has 2 aliphatic heterocycles. The van der Waals surface area contributed by atoms with Gasteiger partial charge in [-0.3, -0.25) is 4.79 Å². The molecule has 0 saturated carbocycles. The van der Waals surface area contributed by atoms with Crippen LogP contribution in [0.25, 0.3) is 0 Å². The fourth-order valence-corrected chi connectivity index (χ4v) is 5.12. The molecule has 0 aliphatic carbocycles. The molecule has 2 heterocycles. The molecule has 1 atom stereocenters. The van der Waals surface area contributed by atoms with Crippen LogP contribution in [0.3, 0.4) is 0 Å². The topological polar surface area (TPSA) is 20.3 Å². The van der Waals surface area contributed by atoms with Crippen LogP contribution in [0.2, 0.25) is 0 Å². The number of amides is 1. The lowest BCUT2D eigenvalue weighted by Gasteiger charge is -2.32. The Morgan fingerprint density at radius 1 is 1.09 bits per heavy atom. The molecule has 1 saturated heterocycles. The van der Waals surface area contributed by atoms with Crippen LogP contribution in [0, 0.1) is 0 Å². The fraction of sp³-hybridized carbons (Fsp3) is 0.316. The third kappa shape index (κ3) is 1.72. The SMILES string of the molecule is CC(C)c1ccc(C23SCCN2C(=O)c2ccccc23)cc1. The molecular formula is C19H19NOS. The molecule has 22 heavy (non-hydrogen) atoms. The molecule has 3 heteroatoms. The summed E-state index contributed by atoms with van der Waals surface area (Å²) in [5, 5.41) is 0. The van der Waals surface area contributed by atoms with Gasteiger partial charge in [-0.1, -0.05) is 56.3 Å². The van der Waals surface area contributed by atoms with Crippen LogP contribution < -0.4 is 0 Å². The molecule has 1 fully saturated rings. The summed E-state index contributed by atoms with van der Waals surface area (Å²) in [6.07, 6.45) is 0. The Kier molecular flexibility index (Phi) is 3.08. The van der Waals surface area contributed by atoms with E-state index in [1.165, 1.54) is 11.1 Å². The van der Waals surface area contributed by atoms with Gasteiger partial charge in [0, 0.05) is 23.4 Å². The van der Waals surface area contributed by atoms with Crippen molar-refractivity contribution in [2.75, 3.05) is 12.3 Å². The molecule has 2 aliphatic rings. The highest BCUT2D eigenvalue weighted by Gasteiger charge is 2.54. The van der Waals surface area contributed by atoms with E-state index in [1.54, 1.807) is 0 Å². The molecule has 4 rings (SSSR count). The zero-order chi connectivity index (χ0) is 15.3. The molecule has 2 aromatic rings. The van der Waals surface area contributed by atoms with Crippen LogP contribution in [0.5, 0.6) is 0 Å². The van der Waals surface area contributed by atoms with Gasteiger partial charge in [0.15, 0.2) is 0 Å². The molecule has 0 bridgehead atoms. The average molecular weight is 309 g/mol. The number of carbonyl (C=O) groups is 1. The lowest BCUT2D eigenvalue weighted by atomic mass is 9.94. The van der Waals surface area contributed by atoms with Crippen molar-refractivity contribution >= 4 is 17.7 Å².